The van der Waals surface area contributed by atoms with Crippen LogP contribution in [0.5, 0.6) is 5.75 Å². The molecule has 3 aromatic rings. The molecule has 0 aliphatic carbocycles. The Morgan fingerprint density at radius 3 is 2.76 bits per heavy atom. The molecule has 2 aromatic carbocycles. The minimum Gasteiger partial charge on any atom is -0.508 e. The normalized spacial score (nSPS) is 11.3. The first-order chi connectivity index (χ1) is 10.3. The van der Waals surface area contributed by atoms with Crippen LogP contribution in [0.2, 0.25) is 0 Å². The first kappa shape index (κ1) is 13.6. The Hall–Kier alpha value is -2.33. The van der Waals surface area contributed by atoms with Gasteiger partial charge in [0.15, 0.2) is 0 Å². The molecule has 0 unspecified atom stereocenters. The molecular weight excluding hydrogens is 280 g/mol. The Morgan fingerprint density at radius 2 is 2.00 bits per heavy atom. The second kappa shape index (κ2) is 5.97. The van der Waals surface area contributed by atoms with Crippen LogP contribution in [-0.4, -0.2) is 16.6 Å². The molecule has 3 rings (SSSR count). The number of rotatable bonds is 4. The third-order valence-corrected chi connectivity index (χ3v) is 4.23. The summed E-state index contributed by atoms with van der Waals surface area (Å²) >= 11 is 1.59. The number of thiazole rings is 1. The first-order valence-electron chi connectivity index (χ1n) is 6.81. The monoisotopic (exact) mass is 296 g/mol. The largest absolute Gasteiger partial charge is 0.508 e. The van der Waals surface area contributed by atoms with Crippen LogP contribution in [0, 0.1) is 0 Å². The lowest BCUT2D eigenvalue weighted by Crippen LogP contribution is -1.97. The average molecular weight is 296 g/mol. The fraction of sp³-hybridized carbons (Fsp3) is 0.118. The van der Waals surface area contributed by atoms with Gasteiger partial charge in [-0.3, -0.25) is 0 Å². The van der Waals surface area contributed by atoms with Crippen molar-refractivity contribution in [1.82, 2.24) is 4.98 Å². The molecule has 0 saturated heterocycles. The van der Waals surface area contributed by atoms with Crippen molar-refractivity contribution in [2.75, 3.05) is 11.9 Å². The predicted molar refractivity (Wildman–Crippen MR) is 90.0 cm³/mol. The summed E-state index contributed by atoms with van der Waals surface area (Å²) in [5.41, 5.74) is 3.10. The van der Waals surface area contributed by atoms with E-state index >= 15 is 0 Å². The second-order valence-electron chi connectivity index (χ2n) is 4.70. The molecule has 1 aromatic heterocycles. The van der Waals surface area contributed by atoms with E-state index in [2.05, 4.69) is 40.6 Å². The number of hydrogen-bond donors (Lipinski definition) is 2. The molecule has 21 heavy (non-hydrogen) atoms. The highest BCUT2D eigenvalue weighted by Gasteiger charge is 2.06. The van der Waals surface area contributed by atoms with E-state index in [0.29, 0.717) is 0 Å². The van der Waals surface area contributed by atoms with Crippen LogP contribution in [0.15, 0.2) is 54.6 Å². The fourth-order valence-corrected chi connectivity index (χ4v) is 3.07. The number of nitrogens with zero attached hydrogens (tertiary/aromatic N) is 1. The third-order valence-electron chi connectivity index (χ3n) is 3.16. The summed E-state index contributed by atoms with van der Waals surface area (Å²) < 4.78 is 1.00. The Labute approximate surface area is 127 Å². The zero-order valence-electron chi connectivity index (χ0n) is 11.7. The number of phenolic OH excluding ortho intramolecular Hbond substituents is 1. The highest BCUT2D eigenvalue weighted by molar-refractivity contribution is 7.21. The maximum absolute atomic E-state index is 9.51. The van der Waals surface area contributed by atoms with Gasteiger partial charge in [-0.15, -0.1) is 11.3 Å². The van der Waals surface area contributed by atoms with E-state index in [4.69, 9.17) is 0 Å². The van der Waals surface area contributed by atoms with Gasteiger partial charge in [0, 0.05) is 17.8 Å². The number of anilines is 1. The Kier molecular flexibility index (Phi) is 3.88. The highest BCUT2D eigenvalue weighted by Crippen LogP contribution is 2.32. The lowest BCUT2D eigenvalue weighted by molar-refractivity contribution is 0.476. The van der Waals surface area contributed by atoms with Gasteiger partial charge < -0.3 is 10.4 Å². The van der Waals surface area contributed by atoms with Crippen LogP contribution in [-0.2, 0) is 0 Å². The molecule has 0 spiro atoms. The predicted octanol–water partition coefficient (Wildman–Crippen LogP) is 4.66. The zero-order chi connectivity index (χ0) is 14.7. The van der Waals surface area contributed by atoms with Gasteiger partial charge in [-0.05, 0) is 49.4 Å². The third kappa shape index (κ3) is 3.06. The summed E-state index contributed by atoms with van der Waals surface area (Å²) in [6, 6.07) is 13.5. The average Bonchev–Trinajstić information content (AvgIpc) is 2.91. The molecule has 0 saturated carbocycles. The Morgan fingerprint density at radius 1 is 1.19 bits per heavy atom. The standard InChI is InChI=1S/C17H16N2OS/c1-2-3-10-18-13-6-4-12(5-7-13)17-19-15-9-8-14(20)11-16(15)21-17/h2-9,11,18,20H,10H2,1H3/b3-2+. The minimum absolute atomic E-state index is 0.279. The molecule has 1 heterocycles. The van der Waals surface area contributed by atoms with E-state index in [1.165, 1.54) is 0 Å². The number of aromatic hydroxyl groups is 1. The highest BCUT2D eigenvalue weighted by atomic mass is 32.1. The van der Waals surface area contributed by atoms with Crippen LogP contribution in [0.25, 0.3) is 20.8 Å². The molecule has 0 amide bonds. The summed E-state index contributed by atoms with van der Waals surface area (Å²) in [7, 11) is 0. The quantitative estimate of drug-likeness (QED) is 0.688. The fourth-order valence-electron chi connectivity index (χ4n) is 2.06. The summed E-state index contributed by atoms with van der Waals surface area (Å²) in [6.45, 7) is 2.84. The summed E-state index contributed by atoms with van der Waals surface area (Å²) in [5.74, 6) is 0.279. The SMILES string of the molecule is C/C=C/CNc1ccc(-c2nc3ccc(O)cc3s2)cc1. The molecule has 106 valence electrons. The van der Waals surface area contributed by atoms with E-state index in [-0.39, 0.29) is 5.75 Å². The van der Waals surface area contributed by atoms with Crippen molar-refractivity contribution >= 4 is 27.2 Å². The molecule has 0 bridgehead atoms. The summed E-state index contributed by atoms with van der Waals surface area (Å²) in [6.07, 6.45) is 4.10. The molecule has 0 aliphatic rings. The smallest absolute Gasteiger partial charge is 0.124 e. The van der Waals surface area contributed by atoms with Crippen LogP contribution in [0.3, 0.4) is 0 Å². The van der Waals surface area contributed by atoms with Crippen molar-refractivity contribution in [2.45, 2.75) is 6.92 Å². The van der Waals surface area contributed by atoms with Crippen molar-refractivity contribution in [3.63, 3.8) is 0 Å². The van der Waals surface area contributed by atoms with Crippen molar-refractivity contribution in [1.29, 1.82) is 0 Å². The van der Waals surface area contributed by atoms with Gasteiger partial charge in [-0.2, -0.15) is 0 Å². The first-order valence-corrected chi connectivity index (χ1v) is 7.63. The molecule has 4 heteroatoms. The summed E-state index contributed by atoms with van der Waals surface area (Å²) in [4.78, 5) is 4.60. The van der Waals surface area contributed by atoms with Crippen LogP contribution in [0.1, 0.15) is 6.92 Å². The Bertz CT molecular complexity index is 775. The van der Waals surface area contributed by atoms with Crippen LogP contribution < -0.4 is 5.32 Å². The molecule has 0 atom stereocenters. The molecule has 2 N–H and O–H groups in total. The van der Waals surface area contributed by atoms with Crippen LogP contribution >= 0.6 is 11.3 Å². The molecule has 0 aliphatic heterocycles. The van der Waals surface area contributed by atoms with Crippen molar-refractivity contribution in [3.8, 4) is 16.3 Å². The van der Waals surface area contributed by atoms with Gasteiger partial charge in [-0.25, -0.2) is 4.98 Å². The minimum atomic E-state index is 0.279. The lowest BCUT2D eigenvalue weighted by atomic mass is 10.2. The molecular formula is C17H16N2OS. The van der Waals surface area contributed by atoms with Crippen molar-refractivity contribution in [3.05, 3.63) is 54.6 Å². The number of allylic oxidation sites excluding steroid dienone is 1. The van der Waals surface area contributed by atoms with Gasteiger partial charge in [0.05, 0.1) is 10.2 Å². The summed E-state index contributed by atoms with van der Waals surface area (Å²) in [5, 5.41) is 13.8. The van der Waals surface area contributed by atoms with Gasteiger partial charge in [0.25, 0.3) is 0 Å². The molecule has 0 fully saturated rings. The number of benzene rings is 2. The van der Waals surface area contributed by atoms with E-state index in [9.17, 15) is 5.11 Å². The van der Waals surface area contributed by atoms with Gasteiger partial charge in [0.2, 0.25) is 0 Å². The topological polar surface area (TPSA) is 45.2 Å². The van der Waals surface area contributed by atoms with Gasteiger partial charge in [0.1, 0.15) is 10.8 Å². The molecule has 0 radical (unpaired) electrons. The van der Waals surface area contributed by atoms with Crippen molar-refractivity contribution < 1.29 is 5.11 Å². The molecule has 3 nitrogen and oxygen atoms in total. The number of nitrogens with one attached hydrogen (secondary N) is 1. The maximum Gasteiger partial charge on any atom is 0.124 e. The number of hydrogen-bond acceptors (Lipinski definition) is 4. The van der Waals surface area contributed by atoms with Crippen molar-refractivity contribution in [2.24, 2.45) is 0 Å². The Balaban J connectivity index is 1.84. The second-order valence-corrected chi connectivity index (χ2v) is 5.73. The zero-order valence-corrected chi connectivity index (χ0v) is 12.5. The number of aromatic nitrogens is 1. The lowest BCUT2D eigenvalue weighted by Gasteiger charge is -2.03. The van der Waals surface area contributed by atoms with E-state index in [0.717, 1.165) is 33.0 Å². The van der Waals surface area contributed by atoms with Gasteiger partial charge in [-0.1, -0.05) is 12.2 Å². The number of fused-ring (bicyclic) bond motifs is 1. The van der Waals surface area contributed by atoms with E-state index in [1.807, 2.05) is 19.1 Å². The number of phenols is 1. The van der Waals surface area contributed by atoms with E-state index < -0.39 is 0 Å². The maximum atomic E-state index is 9.51. The van der Waals surface area contributed by atoms with E-state index in [1.54, 1.807) is 23.5 Å². The van der Waals surface area contributed by atoms with Crippen LogP contribution in [0.4, 0.5) is 5.69 Å². The van der Waals surface area contributed by atoms with Gasteiger partial charge >= 0.3 is 0 Å².